The fraction of sp³-hybridized carbons (Fsp3) is 0.211. The van der Waals surface area contributed by atoms with E-state index in [1.165, 1.54) is 15.3 Å². The topological polar surface area (TPSA) is 15.3 Å². The average molecular weight is 373 g/mol. The molecule has 0 aliphatic heterocycles. The van der Waals surface area contributed by atoms with Crippen molar-refractivity contribution in [3.8, 4) is 0 Å². The Morgan fingerprint density at radius 1 is 1.04 bits per heavy atom. The number of thiophene rings is 2. The van der Waals surface area contributed by atoms with E-state index in [1.807, 2.05) is 0 Å². The van der Waals surface area contributed by atoms with Gasteiger partial charge in [0.25, 0.3) is 0 Å². The van der Waals surface area contributed by atoms with Gasteiger partial charge in [0, 0.05) is 22.0 Å². The van der Waals surface area contributed by atoms with Crippen molar-refractivity contribution in [3.63, 3.8) is 0 Å². The van der Waals surface area contributed by atoms with Crippen molar-refractivity contribution < 1.29 is 0 Å². The first-order valence-corrected chi connectivity index (χ1v) is 10.0. The third kappa shape index (κ3) is 4.90. The zero-order chi connectivity index (χ0) is 16.8. The Morgan fingerprint density at radius 3 is 2.46 bits per heavy atom. The summed E-state index contributed by atoms with van der Waals surface area (Å²) in [5.74, 6) is 0. The van der Waals surface area contributed by atoms with Crippen molar-refractivity contribution in [3.05, 3.63) is 74.6 Å². The van der Waals surface area contributed by atoms with Gasteiger partial charge in [-0.1, -0.05) is 24.3 Å². The van der Waals surface area contributed by atoms with Crippen LogP contribution >= 0.6 is 34.9 Å². The minimum absolute atomic E-state index is 0.783. The fourth-order valence-corrected chi connectivity index (χ4v) is 4.16. The smallest absolute Gasteiger partial charge is 0.173 e. The number of hydrogen-bond acceptors (Lipinski definition) is 3. The molecule has 0 fully saturated rings. The molecule has 0 aliphatic rings. The highest BCUT2D eigenvalue weighted by molar-refractivity contribution is 7.80. The summed E-state index contributed by atoms with van der Waals surface area (Å²) >= 11 is 9.27. The van der Waals surface area contributed by atoms with Crippen LogP contribution < -0.4 is 5.32 Å². The molecule has 3 aromatic rings. The van der Waals surface area contributed by atoms with Crippen LogP contribution in [0.15, 0.2) is 59.3 Å². The van der Waals surface area contributed by atoms with Gasteiger partial charge in [0.05, 0.1) is 6.54 Å². The Bertz CT molecular complexity index is 764. The highest BCUT2D eigenvalue weighted by atomic mass is 32.1. The second-order valence-corrected chi connectivity index (χ2v) is 8.08. The van der Waals surface area contributed by atoms with Crippen LogP contribution in [0.25, 0.3) is 0 Å². The first-order valence-electron chi connectivity index (χ1n) is 7.88. The Balaban J connectivity index is 1.68. The van der Waals surface area contributed by atoms with Crippen LogP contribution in [-0.4, -0.2) is 16.6 Å². The molecule has 3 rings (SSSR count). The molecule has 0 spiro atoms. The number of aryl methyl sites for hydroxylation is 1. The summed E-state index contributed by atoms with van der Waals surface area (Å²) in [5.41, 5.74) is 2.28. The minimum Gasteiger partial charge on any atom is -0.344 e. The lowest BCUT2D eigenvalue weighted by Gasteiger charge is -2.25. The molecule has 24 heavy (non-hydrogen) atoms. The molecule has 0 radical (unpaired) electrons. The molecule has 2 nitrogen and oxygen atoms in total. The first-order chi connectivity index (χ1) is 11.7. The lowest BCUT2D eigenvalue weighted by atomic mass is 10.2. The minimum atomic E-state index is 0.783. The number of thiocarbonyl (C=S) groups is 1. The van der Waals surface area contributed by atoms with Gasteiger partial charge in [-0.15, -0.1) is 22.7 Å². The van der Waals surface area contributed by atoms with Crippen LogP contribution in [0.3, 0.4) is 0 Å². The van der Waals surface area contributed by atoms with Crippen LogP contribution in [0.2, 0.25) is 0 Å². The van der Waals surface area contributed by atoms with Gasteiger partial charge in [-0.2, -0.15) is 0 Å². The zero-order valence-electron chi connectivity index (χ0n) is 13.6. The van der Waals surface area contributed by atoms with E-state index in [4.69, 9.17) is 12.2 Å². The molecule has 0 amide bonds. The molecule has 5 heteroatoms. The summed E-state index contributed by atoms with van der Waals surface area (Å²) in [7, 11) is 0. The van der Waals surface area contributed by atoms with Crippen molar-refractivity contribution in [2.24, 2.45) is 0 Å². The van der Waals surface area contributed by atoms with Crippen LogP contribution in [0.5, 0.6) is 0 Å². The summed E-state index contributed by atoms with van der Waals surface area (Å²) in [6, 6.07) is 16.9. The van der Waals surface area contributed by atoms with Gasteiger partial charge >= 0.3 is 0 Å². The molecule has 124 valence electrons. The van der Waals surface area contributed by atoms with Gasteiger partial charge < -0.3 is 10.2 Å². The molecule has 0 aliphatic carbocycles. The van der Waals surface area contributed by atoms with E-state index in [9.17, 15) is 0 Å². The SMILES string of the molecule is Cc1cccc(NC(=S)N(CCc2cccs2)Cc2cccs2)c1. The summed E-state index contributed by atoms with van der Waals surface area (Å²) in [5, 5.41) is 8.42. The van der Waals surface area contributed by atoms with Crippen LogP contribution in [-0.2, 0) is 13.0 Å². The molecule has 1 N–H and O–H groups in total. The Hall–Kier alpha value is -1.69. The first kappa shape index (κ1) is 17.1. The average Bonchev–Trinajstić information content (AvgIpc) is 3.25. The number of nitrogens with one attached hydrogen (secondary N) is 1. The second-order valence-electron chi connectivity index (χ2n) is 5.63. The predicted octanol–water partition coefficient (Wildman–Crippen LogP) is 5.56. The highest BCUT2D eigenvalue weighted by Crippen LogP contribution is 2.17. The van der Waals surface area contributed by atoms with Crippen LogP contribution in [0.1, 0.15) is 15.3 Å². The monoisotopic (exact) mass is 372 g/mol. The van der Waals surface area contributed by atoms with E-state index >= 15 is 0 Å². The van der Waals surface area contributed by atoms with Crippen molar-refractivity contribution in [1.29, 1.82) is 0 Å². The fourth-order valence-electron chi connectivity index (χ4n) is 2.47. The van der Waals surface area contributed by atoms with Crippen molar-refractivity contribution >= 4 is 45.7 Å². The predicted molar refractivity (Wildman–Crippen MR) is 110 cm³/mol. The lowest BCUT2D eigenvalue weighted by molar-refractivity contribution is 0.428. The normalized spacial score (nSPS) is 10.5. The van der Waals surface area contributed by atoms with E-state index in [1.54, 1.807) is 22.7 Å². The van der Waals surface area contributed by atoms with Gasteiger partial charge in [0.1, 0.15) is 0 Å². The molecule has 0 bridgehead atoms. The molecular weight excluding hydrogens is 352 g/mol. The Kier molecular flexibility index (Phi) is 6.01. The lowest BCUT2D eigenvalue weighted by Crippen LogP contribution is -2.35. The Labute approximate surface area is 156 Å². The van der Waals surface area contributed by atoms with Gasteiger partial charge in [-0.25, -0.2) is 0 Å². The summed E-state index contributed by atoms with van der Waals surface area (Å²) < 4.78 is 0. The maximum Gasteiger partial charge on any atom is 0.173 e. The summed E-state index contributed by atoms with van der Waals surface area (Å²) in [6.07, 6.45) is 1.01. The van der Waals surface area contributed by atoms with Crippen LogP contribution in [0.4, 0.5) is 5.69 Å². The molecule has 2 aromatic heterocycles. The maximum absolute atomic E-state index is 5.69. The molecule has 0 atom stereocenters. The number of hydrogen-bond donors (Lipinski definition) is 1. The van der Waals surface area contributed by atoms with Gasteiger partial charge in [-0.3, -0.25) is 0 Å². The standard InChI is InChI=1S/C19H20N2S3/c1-15-5-2-6-16(13-15)20-19(22)21(14-18-8-4-12-24-18)10-9-17-7-3-11-23-17/h2-8,11-13H,9-10,14H2,1H3,(H,20,22). The quantitative estimate of drug-likeness (QED) is 0.570. The number of benzene rings is 1. The third-order valence-corrected chi connectivity index (χ3v) is 5.85. The number of rotatable bonds is 6. The van der Waals surface area contributed by atoms with Gasteiger partial charge in [0.2, 0.25) is 0 Å². The largest absolute Gasteiger partial charge is 0.344 e. The van der Waals surface area contributed by atoms with Gasteiger partial charge in [0.15, 0.2) is 5.11 Å². The Morgan fingerprint density at radius 2 is 1.79 bits per heavy atom. The molecule has 0 saturated heterocycles. The third-order valence-electron chi connectivity index (χ3n) is 3.69. The number of nitrogens with zero attached hydrogens (tertiary/aromatic N) is 1. The maximum atomic E-state index is 5.69. The summed E-state index contributed by atoms with van der Waals surface area (Å²) in [4.78, 5) is 4.97. The van der Waals surface area contributed by atoms with E-state index in [-0.39, 0.29) is 0 Å². The highest BCUT2D eigenvalue weighted by Gasteiger charge is 2.12. The van der Waals surface area contributed by atoms with E-state index in [2.05, 4.69) is 76.4 Å². The zero-order valence-corrected chi connectivity index (χ0v) is 16.0. The molecule has 2 heterocycles. The van der Waals surface area contributed by atoms with E-state index < -0.39 is 0 Å². The summed E-state index contributed by atoms with van der Waals surface area (Å²) in [6.45, 7) is 3.85. The van der Waals surface area contributed by atoms with Gasteiger partial charge in [-0.05, 0) is 66.2 Å². The molecule has 1 aromatic carbocycles. The molecule has 0 unspecified atom stereocenters. The molecule has 0 saturated carbocycles. The number of anilines is 1. The van der Waals surface area contributed by atoms with E-state index in [0.29, 0.717) is 0 Å². The van der Waals surface area contributed by atoms with Crippen molar-refractivity contribution in [1.82, 2.24) is 4.90 Å². The van der Waals surface area contributed by atoms with Crippen molar-refractivity contribution in [2.75, 3.05) is 11.9 Å². The van der Waals surface area contributed by atoms with Crippen molar-refractivity contribution in [2.45, 2.75) is 19.9 Å². The second kappa shape index (κ2) is 8.42. The molecular formula is C19H20N2S3. The van der Waals surface area contributed by atoms with E-state index in [0.717, 1.165) is 30.3 Å². The van der Waals surface area contributed by atoms with Crippen LogP contribution in [0, 0.1) is 6.92 Å².